The number of hydrogen-bond donors (Lipinski definition) is 1. The molecule has 4 heteroatoms. The highest BCUT2D eigenvalue weighted by molar-refractivity contribution is 5.69. The van der Waals surface area contributed by atoms with Gasteiger partial charge in [0.25, 0.3) is 0 Å². The second kappa shape index (κ2) is 26.0. The molecule has 1 unspecified atom stereocenters. The normalized spacial score (nSPS) is 11.5. The summed E-state index contributed by atoms with van der Waals surface area (Å²) in [6.45, 7) is 9.41. The zero-order valence-corrected chi connectivity index (χ0v) is 20.7. The topological polar surface area (TPSA) is 63.6 Å². The Kier molecular flexibility index (Phi) is 27.0. The molecule has 0 rings (SSSR count). The fourth-order valence-corrected chi connectivity index (χ4v) is 3.29. The lowest BCUT2D eigenvalue weighted by Crippen LogP contribution is -2.13. The van der Waals surface area contributed by atoms with Gasteiger partial charge in [-0.05, 0) is 25.2 Å². The maximum atomic E-state index is 11.7. The maximum absolute atomic E-state index is 11.7. The van der Waals surface area contributed by atoms with E-state index in [9.17, 15) is 9.59 Å². The lowest BCUT2D eigenvalue weighted by Gasteiger charge is -2.14. The van der Waals surface area contributed by atoms with E-state index in [4.69, 9.17) is 9.84 Å². The first kappa shape index (κ1) is 31.1. The van der Waals surface area contributed by atoms with Crippen LogP contribution in [-0.2, 0) is 14.3 Å². The highest BCUT2D eigenvalue weighted by atomic mass is 16.5. The van der Waals surface area contributed by atoms with Gasteiger partial charge < -0.3 is 9.84 Å². The summed E-state index contributed by atoms with van der Waals surface area (Å²) in [6.07, 6.45) is 20.0. The van der Waals surface area contributed by atoms with Crippen molar-refractivity contribution in [3.63, 3.8) is 0 Å². The summed E-state index contributed by atoms with van der Waals surface area (Å²) in [6, 6.07) is 0. The fourth-order valence-electron chi connectivity index (χ4n) is 3.29. The third-order valence-electron chi connectivity index (χ3n) is 5.50. The van der Waals surface area contributed by atoms with Crippen LogP contribution in [0.25, 0.3) is 0 Å². The molecule has 0 amide bonds. The van der Waals surface area contributed by atoms with Gasteiger partial charge in [0, 0.05) is 12.8 Å². The Balaban J connectivity index is 0. The minimum absolute atomic E-state index is 0.00788. The van der Waals surface area contributed by atoms with Gasteiger partial charge in [0.05, 0.1) is 6.61 Å². The Labute approximate surface area is 187 Å². The van der Waals surface area contributed by atoms with Crippen molar-refractivity contribution in [2.24, 2.45) is 5.92 Å². The first-order chi connectivity index (χ1) is 14.5. The van der Waals surface area contributed by atoms with E-state index < -0.39 is 5.97 Å². The Morgan fingerprint density at radius 1 is 0.667 bits per heavy atom. The molecular formula is C26H52O4. The fraction of sp³-hybridized carbons (Fsp3) is 0.923. The summed E-state index contributed by atoms with van der Waals surface area (Å²) in [7, 11) is 0. The van der Waals surface area contributed by atoms with Crippen LogP contribution in [0.2, 0.25) is 0 Å². The van der Waals surface area contributed by atoms with Crippen LogP contribution in [0.3, 0.4) is 0 Å². The summed E-state index contributed by atoms with van der Waals surface area (Å²) < 4.78 is 5.40. The van der Waals surface area contributed by atoms with Gasteiger partial charge in [-0.15, -0.1) is 0 Å². The maximum Gasteiger partial charge on any atom is 0.305 e. The molecule has 0 aromatic heterocycles. The van der Waals surface area contributed by atoms with Crippen molar-refractivity contribution in [2.45, 2.75) is 143 Å². The van der Waals surface area contributed by atoms with E-state index >= 15 is 0 Å². The first-order valence-electron chi connectivity index (χ1n) is 12.9. The van der Waals surface area contributed by atoms with E-state index in [-0.39, 0.29) is 5.97 Å². The lowest BCUT2D eigenvalue weighted by atomic mass is 10.0. The van der Waals surface area contributed by atoms with E-state index in [2.05, 4.69) is 27.7 Å². The first-order valence-corrected chi connectivity index (χ1v) is 12.9. The summed E-state index contributed by atoms with van der Waals surface area (Å²) in [5.41, 5.74) is 0. The molecule has 0 saturated carbocycles. The zero-order valence-electron chi connectivity index (χ0n) is 20.7. The molecule has 1 atom stereocenters. The summed E-state index contributed by atoms with van der Waals surface area (Å²) in [5, 5.41) is 8.27. The van der Waals surface area contributed by atoms with Crippen molar-refractivity contribution in [3.05, 3.63) is 0 Å². The van der Waals surface area contributed by atoms with Crippen molar-refractivity contribution in [3.8, 4) is 0 Å². The number of rotatable bonds is 20. The standard InChI is InChI=1S/C18H36O2.C8H16O2/c1-4-7-9-10-11-12-13-15-18(19)20-16-17(6-3)14-8-5-2;1-2-3-4-5-6-7-8(9)10/h17H,4-16H2,1-3H3;2-7H2,1H3,(H,9,10). The number of hydrogen-bond acceptors (Lipinski definition) is 3. The van der Waals surface area contributed by atoms with E-state index in [1.807, 2.05) is 0 Å². The monoisotopic (exact) mass is 428 g/mol. The second-order valence-electron chi connectivity index (χ2n) is 8.53. The molecule has 0 aromatic carbocycles. The Morgan fingerprint density at radius 2 is 1.13 bits per heavy atom. The molecule has 0 bridgehead atoms. The van der Waals surface area contributed by atoms with E-state index in [0.717, 1.165) is 25.7 Å². The number of aliphatic carboxylic acids is 1. The lowest BCUT2D eigenvalue weighted by molar-refractivity contribution is -0.145. The average molecular weight is 429 g/mol. The molecule has 0 spiro atoms. The number of ether oxygens (including phenoxy) is 1. The molecule has 0 fully saturated rings. The molecule has 1 N–H and O–H groups in total. The van der Waals surface area contributed by atoms with Crippen LogP contribution in [0.5, 0.6) is 0 Å². The molecular weight excluding hydrogens is 376 g/mol. The molecule has 0 saturated heterocycles. The molecule has 0 aliphatic carbocycles. The Hall–Kier alpha value is -1.06. The highest BCUT2D eigenvalue weighted by Gasteiger charge is 2.09. The van der Waals surface area contributed by atoms with Gasteiger partial charge in [0.1, 0.15) is 0 Å². The zero-order chi connectivity index (χ0) is 22.9. The molecule has 0 aromatic rings. The second-order valence-corrected chi connectivity index (χ2v) is 8.53. The molecule has 0 aliphatic rings. The van der Waals surface area contributed by atoms with Crippen LogP contribution >= 0.6 is 0 Å². The SMILES string of the molecule is CCCCCCCC(=O)O.CCCCCCCCCC(=O)OCC(CC)CCCC. The molecule has 0 radical (unpaired) electrons. The van der Waals surface area contributed by atoms with E-state index in [1.54, 1.807) is 0 Å². The van der Waals surface area contributed by atoms with Gasteiger partial charge in [0.15, 0.2) is 0 Å². The highest BCUT2D eigenvalue weighted by Crippen LogP contribution is 2.14. The quantitative estimate of drug-likeness (QED) is 0.156. The minimum atomic E-state index is -0.670. The van der Waals surface area contributed by atoms with E-state index in [1.165, 1.54) is 77.0 Å². The van der Waals surface area contributed by atoms with E-state index in [0.29, 0.717) is 25.4 Å². The summed E-state index contributed by atoms with van der Waals surface area (Å²) in [4.78, 5) is 21.7. The number of esters is 1. The average Bonchev–Trinajstić information content (AvgIpc) is 2.73. The van der Waals surface area contributed by atoms with Crippen molar-refractivity contribution in [1.82, 2.24) is 0 Å². The largest absolute Gasteiger partial charge is 0.481 e. The van der Waals surface area contributed by atoms with Crippen molar-refractivity contribution < 1.29 is 19.4 Å². The number of unbranched alkanes of at least 4 members (excludes halogenated alkanes) is 11. The van der Waals surface area contributed by atoms with Crippen LogP contribution in [0.15, 0.2) is 0 Å². The number of carboxylic acid groups (broad SMARTS) is 1. The Bertz CT molecular complexity index is 368. The van der Waals surface area contributed by atoms with Crippen LogP contribution in [-0.4, -0.2) is 23.7 Å². The molecule has 4 nitrogen and oxygen atoms in total. The molecule has 0 aliphatic heterocycles. The number of carboxylic acids is 1. The van der Waals surface area contributed by atoms with Gasteiger partial charge in [0.2, 0.25) is 0 Å². The minimum Gasteiger partial charge on any atom is -0.481 e. The van der Waals surface area contributed by atoms with Crippen molar-refractivity contribution in [1.29, 1.82) is 0 Å². The number of carbonyl (C=O) groups is 2. The van der Waals surface area contributed by atoms with Gasteiger partial charge in [-0.1, -0.05) is 111 Å². The van der Waals surface area contributed by atoms with Crippen LogP contribution in [0.4, 0.5) is 0 Å². The smallest absolute Gasteiger partial charge is 0.305 e. The number of carbonyl (C=O) groups excluding carboxylic acids is 1. The van der Waals surface area contributed by atoms with Crippen molar-refractivity contribution >= 4 is 11.9 Å². The third-order valence-corrected chi connectivity index (χ3v) is 5.50. The summed E-state index contributed by atoms with van der Waals surface area (Å²) in [5.74, 6) is -0.0991. The van der Waals surface area contributed by atoms with Gasteiger partial charge in [-0.2, -0.15) is 0 Å². The predicted octanol–water partition coefficient (Wildman–Crippen LogP) is 8.32. The van der Waals surface area contributed by atoms with Gasteiger partial charge in [-0.25, -0.2) is 0 Å². The molecule has 180 valence electrons. The van der Waals surface area contributed by atoms with Gasteiger partial charge in [-0.3, -0.25) is 9.59 Å². The Morgan fingerprint density at radius 3 is 1.60 bits per heavy atom. The predicted molar refractivity (Wildman–Crippen MR) is 128 cm³/mol. The van der Waals surface area contributed by atoms with Crippen molar-refractivity contribution in [2.75, 3.05) is 6.61 Å². The van der Waals surface area contributed by atoms with Crippen LogP contribution < -0.4 is 0 Å². The molecule has 0 heterocycles. The van der Waals surface area contributed by atoms with Gasteiger partial charge >= 0.3 is 11.9 Å². The summed E-state index contributed by atoms with van der Waals surface area (Å²) >= 11 is 0. The van der Waals surface area contributed by atoms with Crippen LogP contribution in [0, 0.1) is 5.92 Å². The third kappa shape index (κ3) is 26.9. The van der Waals surface area contributed by atoms with Crippen LogP contribution in [0.1, 0.15) is 143 Å². The molecule has 30 heavy (non-hydrogen) atoms.